The Balaban J connectivity index is 2.52. The second kappa shape index (κ2) is 5.28. The number of hydrogen-bond donors (Lipinski definition) is 1. The maximum Gasteiger partial charge on any atom is 0.331 e. The van der Waals surface area contributed by atoms with Gasteiger partial charge in [0.25, 0.3) is 5.56 Å². The van der Waals surface area contributed by atoms with Crippen molar-refractivity contribution in [3.63, 3.8) is 0 Å². The minimum Gasteiger partial charge on any atom is -0.480 e. The molecule has 0 fully saturated rings. The fourth-order valence-corrected chi connectivity index (χ4v) is 2.77. The topological polar surface area (TPSA) is 86.2 Å². The van der Waals surface area contributed by atoms with Gasteiger partial charge in [-0.2, -0.15) is 0 Å². The number of aromatic nitrogens is 3. The Hall–Kier alpha value is -3.09. The van der Waals surface area contributed by atoms with Gasteiger partial charge in [0.2, 0.25) is 0 Å². The van der Waals surface area contributed by atoms with Gasteiger partial charge in [-0.25, -0.2) is 4.79 Å². The molecule has 2 aromatic heterocycles. The first kappa shape index (κ1) is 14.8. The van der Waals surface area contributed by atoms with Gasteiger partial charge in [-0.15, -0.1) is 0 Å². The van der Waals surface area contributed by atoms with E-state index in [1.165, 1.54) is 7.05 Å². The van der Waals surface area contributed by atoms with Crippen LogP contribution in [0.5, 0.6) is 0 Å². The highest BCUT2D eigenvalue weighted by atomic mass is 16.4. The van der Waals surface area contributed by atoms with E-state index in [1.54, 1.807) is 17.8 Å². The zero-order valence-corrected chi connectivity index (χ0v) is 12.7. The molecule has 0 aliphatic heterocycles. The Kier molecular flexibility index (Phi) is 3.40. The molecule has 0 saturated heterocycles. The van der Waals surface area contributed by atoms with Crippen LogP contribution in [-0.2, 0) is 25.4 Å². The normalized spacial score (nSPS) is 11.0. The van der Waals surface area contributed by atoms with E-state index in [9.17, 15) is 14.4 Å². The van der Waals surface area contributed by atoms with Crippen LogP contribution in [0, 0.1) is 0 Å². The molecule has 2 heterocycles. The summed E-state index contributed by atoms with van der Waals surface area (Å²) >= 11 is 0. The predicted octanol–water partition coefficient (Wildman–Crippen LogP) is 0.790. The minimum absolute atomic E-state index is 0.298. The number of carboxylic acids is 1. The molecule has 0 aliphatic rings. The van der Waals surface area contributed by atoms with Crippen LogP contribution in [0.25, 0.3) is 22.2 Å². The Morgan fingerprint density at radius 3 is 2.35 bits per heavy atom. The largest absolute Gasteiger partial charge is 0.480 e. The first-order valence-corrected chi connectivity index (χ1v) is 6.98. The third-order valence-corrected chi connectivity index (χ3v) is 3.83. The molecule has 0 unspecified atom stereocenters. The summed E-state index contributed by atoms with van der Waals surface area (Å²) < 4.78 is 3.68. The van der Waals surface area contributed by atoms with Crippen molar-refractivity contribution >= 4 is 17.0 Å². The summed E-state index contributed by atoms with van der Waals surface area (Å²) in [4.78, 5) is 36.0. The molecule has 0 atom stereocenters. The summed E-state index contributed by atoms with van der Waals surface area (Å²) in [5.74, 6) is -1.14. The second-order valence-electron chi connectivity index (χ2n) is 5.34. The molecule has 0 spiro atoms. The lowest BCUT2D eigenvalue weighted by molar-refractivity contribution is -0.137. The summed E-state index contributed by atoms with van der Waals surface area (Å²) in [6, 6.07) is 9.24. The van der Waals surface area contributed by atoms with Crippen LogP contribution < -0.4 is 11.2 Å². The SMILES string of the molecule is Cn1c(=O)c2c(c(-c3ccccc3)cn2C)n(CC(=O)O)c1=O. The number of fused-ring (bicyclic) bond motifs is 1. The minimum atomic E-state index is -1.14. The van der Waals surface area contributed by atoms with Crippen molar-refractivity contribution < 1.29 is 9.90 Å². The summed E-state index contributed by atoms with van der Waals surface area (Å²) in [7, 11) is 3.05. The number of aryl methyl sites for hydroxylation is 1. The third kappa shape index (κ3) is 2.26. The van der Waals surface area contributed by atoms with Crippen LogP contribution in [0.3, 0.4) is 0 Å². The highest BCUT2D eigenvalue weighted by molar-refractivity contribution is 5.93. The smallest absolute Gasteiger partial charge is 0.331 e. The Morgan fingerprint density at radius 1 is 1.09 bits per heavy atom. The fraction of sp³-hybridized carbons (Fsp3) is 0.188. The van der Waals surface area contributed by atoms with Gasteiger partial charge in [0, 0.05) is 25.9 Å². The first-order valence-electron chi connectivity index (χ1n) is 6.98. The summed E-state index contributed by atoms with van der Waals surface area (Å²) in [6.07, 6.45) is 1.74. The summed E-state index contributed by atoms with van der Waals surface area (Å²) in [5.41, 5.74) is 1.01. The van der Waals surface area contributed by atoms with Crippen LogP contribution in [0.15, 0.2) is 46.1 Å². The van der Waals surface area contributed by atoms with Crippen molar-refractivity contribution in [2.45, 2.75) is 6.54 Å². The highest BCUT2D eigenvalue weighted by Gasteiger charge is 2.20. The number of benzene rings is 1. The Labute approximate surface area is 130 Å². The number of rotatable bonds is 3. The number of hydrogen-bond acceptors (Lipinski definition) is 3. The molecular weight excluding hydrogens is 298 g/mol. The van der Waals surface area contributed by atoms with E-state index < -0.39 is 23.8 Å². The van der Waals surface area contributed by atoms with E-state index in [-0.39, 0.29) is 0 Å². The average Bonchev–Trinajstić information content (AvgIpc) is 2.87. The molecule has 7 nitrogen and oxygen atoms in total. The van der Waals surface area contributed by atoms with E-state index >= 15 is 0 Å². The molecule has 0 radical (unpaired) electrons. The van der Waals surface area contributed by atoms with Crippen LogP contribution in [-0.4, -0.2) is 24.8 Å². The van der Waals surface area contributed by atoms with E-state index in [2.05, 4.69) is 0 Å². The van der Waals surface area contributed by atoms with Crippen LogP contribution in [0.4, 0.5) is 0 Å². The van der Waals surface area contributed by atoms with Crippen molar-refractivity contribution in [2.24, 2.45) is 14.1 Å². The Bertz CT molecular complexity index is 1030. The molecule has 3 rings (SSSR count). The van der Waals surface area contributed by atoms with Crippen molar-refractivity contribution in [1.82, 2.24) is 13.7 Å². The molecule has 1 N–H and O–H groups in total. The lowest BCUT2D eigenvalue weighted by atomic mass is 10.1. The van der Waals surface area contributed by atoms with Crippen molar-refractivity contribution in [1.29, 1.82) is 0 Å². The molecule has 1 aromatic carbocycles. The van der Waals surface area contributed by atoms with Gasteiger partial charge in [-0.3, -0.25) is 18.7 Å². The van der Waals surface area contributed by atoms with Gasteiger partial charge >= 0.3 is 11.7 Å². The van der Waals surface area contributed by atoms with Gasteiger partial charge < -0.3 is 9.67 Å². The zero-order valence-electron chi connectivity index (χ0n) is 12.7. The van der Waals surface area contributed by atoms with E-state index in [0.717, 1.165) is 14.7 Å². The molecular formula is C16H15N3O4. The van der Waals surface area contributed by atoms with Crippen LogP contribution in [0.2, 0.25) is 0 Å². The van der Waals surface area contributed by atoms with Crippen molar-refractivity contribution in [3.8, 4) is 11.1 Å². The number of aliphatic carboxylic acids is 1. The lowest BCUT2D eigenvalue weighted by Crippen LogP contribution is -2.39. The molecule has 23 heavy (non-hydrogen) atoms. The van der Waals surface area contributed by atoms with Gasteiger partial charge in [0.15, 0.2) is 0 Å². The molecule has 0 amide bonds. The quantitative estimate of drug-likeness (QED) is 0.774. The number of nitrogens with zero attached hydrogens (tertiary/aromatic N) is 3. The van der Waals surface area contributed by atoms with Crippen molar-refractivity contribution in [2.75, 3.05) is 0 Å². The van der Waals surface area contributed by atoms with Crippen molar-refractivity contribution in [3.05, 3.63) is 57.4 Å². The average molecular weight is 313 g/mol. The summed E-state index contributed by atoms with van der Waals surface area (Å²) in [5, 5.41) is 9.13. The van der Waals surface area contributed by atoms with Gasteiger partial charge in [-0.05, 0) is 5.56 Å². The second-order valence-corrected chi connectivity index (χ2v) is 5.34. The maximum atomic E-state index is 12.4. The maximum absolute atomic E-state index is 12.4. The van der Waals surface area contributed by atoms with Gasteiger partial charge in [0.05, 0.1) is 5.52 Å². The standard InChI is InChI=1S/C16H15N3O4/c1-17-8-11(10-6-4-3-5-7-10)13-14(17)15(22)18(2)16(23)19(13)9-12(20)21/h3-8H,9H2,1-2H3,(H,20,21). The third-order valence-electron chi connectivity index (χ3n) is 3.83. The molecule has 0 bridgehead atoms. The highest BCUT2D eigenvalue weighted by Crippen LogP contribution is 2.27. The fourth-order valence-electron chi connectivity index (χ4n) is 2.77. The van der Waals surface area contributed by atoms with Gasteiger partial charge in [-0.1, -0.05) is 30.3 Å². The summed E-state index contributed by atoms with van der Waals surface area (Å²) in [6.45, 7) is -0.507. The van der Waals surface area contributed by atoms with E-state index in [1.807, 2.05) is 30.3 Å². The van der Waals surface area contributed by atoms with Gasteiger partial charge in [0.1, 0.15) is 12.1 Å². The zero-order chi connectivity index (χ0) is 16.7. The van der Waals surface area contributed by atoms with Crippen LogP contribution in [0.1, 0.15) is 0 Å². The molecule has 118 valence electrons. The van der Waals surface area contributed by atoms with E-state index in [0.29, 0.717) is 16.6 Å². The lowest BCUT2D eigenvalue weighted by Gasteiger charge is -2.09. The molecule has 3 aromatic rings. The first-order chi connectivity index (χ1) is 10.9. The number of carbonyl (C=O) groups is 1. The molecule has 0 saturated carbocycles. The number of carboxylic acid groups (broad SMARTS) is 1. The monoisotopic (exact) mass is 313 g/mol. The molecule has 0 aliphatic carbocycles. The molecule has 7 heteroatoms. The van der Waals surface area contributed by atoms with Crippen LogP contribution >= 0.6 is 0 Å². The Morgan fingerprint density at radius 2 is 1.74 bits per heavy atom. The predicted molar refractivity (Wildman–Crippen MR) is 85.5 cm³/mol. The van der Waals surface area contributed by atoms with E-state index in [4.69, 9.17) is 5.11 Å².